The highest BCUT2D eigenvalue weighted by molar-refractivity contribution is 7.89. The van der Waals surface area contributed by atoms with Gasteiger partial charge in [-0.1, -0.05) is 13.8 Å². The Bertz CT molecular complexity index is 548. The van der Waals surface area contributed by atoms with Crippen molar-refractivity contribution in [2.24, 2.45) is 18.9 Å². The van der Waals surface area contributed by atoms with Crippen LogP contribution in [0.3, 0.4) is 0 Å². The van der Waals surface area contributed by atoms with Crippen LogP contribution < -0.4 is 4.72 Å². The zero-order valence-electron chi connectivity index (χ0n) is 12.0. The number of carbonyl (C=O) groups is 1. The van der Waals surface area contributed by atoms with Gasteiger partial charge in [-0.3, -0.25) is 4.79 Å². The maximum Gasteiger partial charge on any atom is 0.303 e. The summed E-state index contributed by atoms with van der Waals surface area (Å²) < 4.78 is 28.2. The minimum Gasteiger partial charge on any atom is -0.481 e. The van der Waals surface area contributed by atoms with E-state index >= 15 is 0 Å². The summed E-state index contributed by atoms with van der Waals surface area (Å²) in [5.41, 5.74) is 0. The quantitative estimate of drug-likeness (QED) is 0.760. The molecule has 0 aliphatic rings. The number of carboxylic acids is 1. The summed E-state index contributed by atoms with van der Waals surface area (Å²) in [4.78, 5) is 11.0. The van der Waals surface area contributed by atoms with Crippen LogP contribution in [0.4, 0.5) is 0 Å². The minimum atomic E-state index is -3.57. The van der Waals surface area contributed by atoms with Crippen molar-refractivity contribution in [1.29, 1.82) is 0 Å². The molecule has 114 valence electrons. The molecule has 1 aromatic rings. The van der Waals surface area contributed by atoms with E-state index in [1.807, 2.05) is 13.8 Å². The van der Waals surface area contributed by atoms with Crippen molar-refractivity contribution >= 4 is 16.0 Å². The van der Waals surface area contributed by atoms with Gasteiger partial charge in [0, 0.05) is 32.4 Å². The molecule has 1 atom stereocenters. The number of aliphatic carboxylic acids is 1. The van der Waals surface area contributed by atoms with E-state index in [-0.39, 0.29) is 23.8 Å². The third kappa shape index (κ3) is 5.34. The first-order valence-electron chi connectivity index (χ1n) is 6.54. The fraction of sp³-hybridized carbons (Fsp3) is 0.615. The molecule has 0 spiro atoms. The van der Waals surface area contributed by atoms with Crippen LogP contribution in [-0.2, 0) is 21.9 Å². The van der Waals surface area contributed by atoms with Gasteiger partial charge in [0.2, 0.25) is 10.0 Å². The summed E-state index contributed by atoms with van der Waals surface area (Å²) in [6, 6.07) is 1.51. The molecule has 7 heteroatoms. The summed E-state index contributed by atoms with van der Waals surface area (Å²) >= 11 is 0. The molecule has 0 fully saturated rings. The fourth-order valence-electron chi connectivity index (χ4n) is 2.10. The molecule has 0 amide bonds. The van der Waals surface area contributed by atoms with E-state index in [1.54, 1.807) is 17.8 Å². The van der Waals surface area contributed by atoms with Crippen LogP contribution in [0.25, 0.3) is 0 Å². The van der Waals surface area contributed by atoms with Crippen LogP contribution in [0, 0.1) is 11.8 Å². The molecule has 0 saturated carbocycles. The zero-order valence-corrected chi connectivity index (χ0v) is 12.9. The summed E-state index contributed by atoms with van der Waals surface area (Å²) in [6.45, 7) is 4.11. The van der Waals surface area contributed by atoms with Gasteiger partial charge in [0.15, 0.2) is 0 Å². The molecular formula is C13H22N2O4S. The standard InChI is InChI=1S/C13H22N2O4S/c1-10(2)6-11(7-13(16)17)8-14-20(18,19)12-4-5-15(3)9-12/h4-5,9-11,14H,6-8H2,1-3H3,(H,16,17). The Kier molecular flexibility index (Phi) is 5.76. The monoisotopic (exact) mass is 302 g/mol. The average molecular weight is 302 g/mol. The van der Waals surface area contributed by atoms with Crippen LogP contribution >= 0.6 is 0 Å². The summed E-state index contributed by atoms with van der Waals surface area (Å²) in [5, 5.41) is 8.87. The van der Waals surface area contributed by atoms with E-state index in [9.17, 15) is 13.2 Å². The first-order valence-corrected chi connectivity index (χ1v) is 8.02. The Morgan fingerprint density at radius 2 is 2.10 bits per heavy atom. The van der Waals surface area contributed by atoms with Gasteiger partial charge in [-0.15, -0.1) is 0 Å². The molecule has 0 radical (unpaired) electrons. The molecule has 6 nitrogen and oxygen atoms in total. The number of nitrogens with zero attached hydrogens (tertiary/aromatic N) is 1. The molecule has 0 aromatic carbocycles. The van der Waals surface area contributed by atoms with Gasteiger partial charge < -0.3 is 9.67 Å². The van der Waals surface area contributed by atoms with E-state index in [0.717, 1.165) is 0 Å². The summed E-state index contributed by atoms with van der Waals surface area (Å²) in [7, 11) is -1.83. The average Bonchev–Trinajstić information content (AvgIpc) is 2.72. The topological polar surface area (TPSA) is 88.4 Å². The van der Waals surface area contributed by atoms with Crippen LogP contribution in [0.5, 0.6) is 0 Å². The zero-order chi connectivity index (χ0) is 15.3. The highest BCUT2D eigenvalue weighted by atomic mass is 32.2. The van der Waals surface area contributed by atoms with Gasteiger partial charge in [-0.2, -0.15) is 0 Å². The Morgan fingerprint density at radius 1 is 1.45 bits per heavy atom. The normalized spacial score (nSPS) is 13.6. The van der Waals surface area contributed by atoms with Gasteiger partial charge in [0.25, 0.3) is 0 Å². The third-order valence-corrected chi connectivity index (χ3v) is 4.35. The van der Waals surface area contributed by atoms with Gasteiger partial charge in [0.05, 0.1) is 4.90 Å². The second kappa shape index (κ2) is 6.90. The maximum absolute atomic E-state index is 12.0. The van der Waals surface area contributed by atoms with Gasteiger partial charge in [0.1, 0.15) is 0 Å². The number of sulfonamides is 1. The summed E-state index contributed by atoms with van der Waals surface area (Å²) in [5.74, 6) is -0.791. The third-order valence-electron chi connectivity index (χ3n) is 2.95. The molecule has 1 rings (SSSR count). The van der Waals surface area contributed by atoms with E-state index in [4.69, 9.17) is 5.11 Å². The Hall–Kier alpha value is -1.34. The molecule has 0 bridgehead atoms. The molecule has 1 aromatic heterocycles. The van der Waals surface area contributed by atoms with Crippen LogP contribution in [-0.4, -0.2) is 30.6 Å². The summed E-state index contributed by atoms with van der Waals surface area (Å²) in [6.07, 6.45) is 3.80. The van der Waals surface area contributed by atoms with Crippen molar-refractivity contribution in [3.63, 3.8) is 0 Å². The van der Waals surface area contributed by atoms with E-state index < -0.39 is 16.0 Å². The van der Waals surface area contributed by atoms with Gasteiger partial charge >= 0.3 is 5.97 Å². The fourth-order valence-corrected chi connectivity index (χ4v) is 3.27. The van der Waals surface area contributed by atoms with Crippen LogP contribution in [0.15, 0.2) is 23.4 Å². The number of carboxylic acid groups (broad SMARTS) is 1. The number of aromatic nitrogens is 1. The second-order valence-corrected chi connectivity index (χ2v) is 7.22. The van der Waals surface area contributed by atoms with Crippen LogP contribution in [0.2, 0.25) is 0 Å². The highest BCUT2D eigenvalue weighted by Gasteiger charge is 2.20. The van der Waals surface area contributed by atoms with E-state index in [2.05, 4.69) is 4.72 Å². The molecule has 0 aliphatic carbocycles. The molecule has 0 saturated heterocycles. The lowest BCUT2D eigenvalue weighted by Gasteiger charge is -2.17. The minimum absolute atomic E-state index is 0.0323. The molecule has 0 aliphatic heterocycles. The SMILES string of the molecule is CC(C)CC(CNS(=O)(=O)c1ccn(C)c1)CC(=O)O. The number of aryl methyl sites for hydroxylation is 1. The lowest BCUT2D eigenvalue weighted by atomic mass is 9.94. The van der Waals surface area contributed by atoms with Crippen molar-refractivity contribution in [2.45, 2.75) is 31.6 Å². The predicted octanol–water partition coefficient (Wildman–Crippen LogP) is 1.44. The smallest absolute Gasteiger partial charge is 0.303 e. The van der Waals surface area contributed by atoms with Crippen molar-refractivity contribution in [3.05, 3.63) is 18.5 Å². The Morgan fingerprint density at radius 3 is 2.55 bits per heavy atom. The van der Waals surface area contributed by atoms with Gasteiger partial charge in [-0.05, 0) is 24.3 Å². The largest absolute Gasteiger partial charge is 0.481 e. The molecule has 1 heterocycles. The first-order chi connectivity index (χ1) is 9.20. The van der Waals surface area contributed by atoms with E-state index in [0.29, 0.717) is 12.3 Å². The number of rotatable bonds is 8. The lowest BCUT2D eigenvalue weighted by molar-refractivity contribution is -0.138. The molecule has 20 heavy (non-hydrogen) atoms. The molecule has 2 N–H and O–H groups in total. The highest BCUT2D eigenvalue weighted by Crippen LogP contribution is 2.16. The number of nitrogens with one attached hydrogen (secondary N) is 1. The van der Waals surface area contributed by atoms with Crippen molar-refractivity contribution in [3.8, 4) is 0 Å². The number of hydrogen-bond acceptors (Lipinski definition) is 3. The van der Waals surface area contributed by atoms with Crippen LogP contribution in [0.1, 0.15) is 26.7 Å². The molecule has 1 unspecified atom stereocenters. The second-order valence-electron chi connectivity index (χ2n) is 5.46. The maximum atomic E-state index is 12.0. The Labute approximate surface area is 119 Å². The number of hydrogen-bond donors (Lipinski definition) is 2. The van der Waals surface area contributed by atoms with E-state index in [1.165, 1.54) is 12.3 Å². The molecular weight excluding hydrogens is 280 g/mol. The van der Waals surface area contributed by atoms with Crippen molar-refractivity contribution in [1.82, 2.24) is 9.29 Å². The van der Waals surface area contributed by atoms with Crippen molar-refractivity contribution in [2.75, 3.05) is 6.54 Å². The van der Waals surface area contributed by atoms with Gasteiger partial charge in [-0.25, -0.2) is 13.1 Å². The Balaban J connectivity index is 2.68. The van der Waals surface area contributed by atoms with Crippen molar-refractivity contribution < 1.29 is 18.3 Å². The predicted molar refractivity (Wildman–Crippen MR) is 75.8 cm³/mol. The lowest BCUT2D eigenvalue weighted by Crippen LogP contribution is -2.31. The first kappa shape index (κ1) is 16.7.